The van der Waals surface area contributed by atoms with Crippen LogP contribution >= 0.6 is 0 Å². The van der Waals surface area contributed by atoms with Crippen LogP contribution in [0.4, 0.5) is 11.4 Å². The number of aliphatic hydroxyl groups excluding tert-OH is 2. The smallest absolute Gasteiger partial charge is 0.181 e. The molecule has 1 rings (SSSR count). The number of nitrogens with one attached hydrogen (secondary N) is 4. The number of aliphatic hydroxyl groups is 2. The third-order valence-corrected chi connectivity index (χ3v) is 5.56. The van der Waals surface area contributed by atoms with Gasteiger partial charge in [0.25, 0.3) is 0 Å². The molecule has 0 saturated carbocycles. The van der Waals surface area contributed by atoms with Gasteiger partial charge < -0.3 is 20.8 Å². The van der Waals surface area contributed by atoms with Crippen molar-refractivity contribution in [3.8, 4) is 0 Å². The Bertz CT molecular complexity index is 609. The van der Waals surface area contributed by atoms with Crippen LogP contribution in [0.2, 0.25) is 0 Å². The Kier molecular flexibility index (Phi) is 13.1. The lowest BCUT2D eigenvalue weighted by Crippen LogP contribution is -2.42. The summed E-state index contributed by atoms with van der Waals surface area (Å²) < 4.78 is 0. The average Bonchev–Trinajstić information content (AvgIpc) is 2.63. The molecule has 4 unspecified atom stereocenters. The lowest BCUT2D eigenvalue weighted by atomic mass is 10.0. The van der Waals surface area contributed by atoms with E-state index in [0.717, 1.165) is 42.6 Å². The molecule has 0 spiro atoms. The van der Waals surface area contributed by atoms with Gasteiger partial charge in [0, 0.05) is 23.5 Å². The second-order valence-electron chi connectivity index (χ2n) is 9.91. The van der Waals surface area contributed by atoms with Crippen LogP contribution in [0.25, 0.3) is 0 Å². The van der Waals surface area contributed by atoms with Crippen LogP contribution in [-0.2, 0) is 0 Å². The highest BCUT2D eigenvalue weighted by Crippen LogP contribution is 2.21. The largest absolute Gasteiger partial charge is 0.361 e. The van der Waals surface area contributed by atoms with E-state index in [1.807, 2.05) is 25.1 Å². The molecule has 0 aromatic heterocycles. The summed E-state index contributed by atoms with van der Waals surface area (Å²) in [6, 6.07) is 6.28. The maximum Gasteiger partial charge on any atom is 0.181 e. The van der Waals surface area contributed by atoms with Gasteiger partial charge in [-0.25, -0.2) is 0 Å². The summed E-state index contributed by atoms with van der Waals surface area (Å²) in [5.41, 5.74) is 2.65. The molecule has 31 heavy (non-hydrogen) atoms. The van der Waals surface area contributed by atoms with E-state index in [9.17, 15) is 10.2 Å². The van der Waals surface area contributed by atoms with Crippen LogP contribution in [0, 0.1) is 18.8 Å². The first-order chi connectivity index (χ1) is 14.6. The fourth-order valence-electron chi connectivity index (χ4n) is 3.63. The molecule has 0 fully saturated rings. The predicted octanol–water partition coefficient (Wildman–Crippen LogP) is 4.98. The molecule has 0 aliphatic heterocycles. The molecule has 0 aliphatic carbocycles. The lowest BCUT2D eigenvalue weighted by Gasteiger charge is -2.24. The molecule has 1 aromatic rings. The van der Waals surface area contributed by atoms with Crippen molar-refractivity contribution in [2.45, 2.75) is 112 Å². The number of benzene rings is 1. The van der Waals surface area contributed by atoms with E-state index in [-0.39, 0.29) is 12.1 Å². The summed E-state index contributed by atoms with van der Waals surface area (Å²) in [4.78, 5) is 0. The fraction of sp³-hybridized carbons (Fsp3) is 0.760. The van der Waals surface area contributed by atoms with E-state index in [2.05, 4.69) is 62.8 Å². The Morgan fingerprint density at radius 1 is 0.710 bits per heavy atom. The second kappa shape index (κ2) is 14.7. The minimum atomic E-state index is -0.827. The van der Waals surface area contributed by atoms with Gasteiger partial charge in [-0.1, -0.05) is 59.4 Å². The van der Waals surface area contributed by atoms with Gasteiger partial charge in [-0.3, -0.25) is 10.6 Å². The third kappa shape index (κ3) is 13.0. The van der Waals surface area contributed by atoms with E-state index in [0.29, 0.717) is 11.8 Å². The maximum atomic E-state index is 10.4. The molecule has 0 heterocycles. The highest BCUT2D eigenvalue weighted by atomic mass is 16.3. The summed E-state index contributed by atoms with van der Waals surface area (Å²) in [5.74, 6) is 1.42. The molecule has 0 radical (unpaired) electrons. The Balaban J connectivity index is 2.50. The maximum absolute atomic E-state index is 10.4. The summed E-state index contributed by atoms with van der Waals surface area (Å²) >= 11 is 0. The van der Waals surface area contributed by atoms with Crippen LogP contribution in [-0.4, -0.2) is 35.0 Å². The fourth-order valence-corrected chi connectivity index (χ4v) is 3.63. The molecule has 0 saturated heterocycles. The van der Waals surface area contributed by atoms with E-state index in [1.165, 1.54) is 12.8 Å². The van der Waals surface area contributed by atoms with Gasteiger partial charge in [0.05, 0.1) is 0 Å². The van der Waals surface area contributed by atoms with Crippen molar-refractivity contribution in [2.75, 3.05) is 10.6 Å². The molecule has 180 valence electrons. The number of hydrogen-bond acceptors (Lipinski definition) is 6. The summed E-state index contributed by atoms with van der Waals surface area (Å²) in [6.07, 6.45) is 5.12. The number of aryl methyl sites for hydroxylation is 1. The van der Waals surface area contributed by atoms with Crippen LogP contribution in [0.1, 0.15) is 85.6 Å². The molecular formula is C25H48N4O2. The summed E-state index contributed by atoms with van der Waals surface area (Å²) in [6.45, 7) is 15.1. The molecule has 0 amide bonds. The Hall–Kier alpha value is -1.34. The molecular weight excluding hydrogens is 388 g/mol. The summed E-state index contributed by atoms with van der Waals surface area (Å²) in [5, 5.41) is 33.4. The molecule has 6 nitrogen and oxygen atoms in total. The van der Waals surface area contributed by atoms with Crippen molar-refractivity contribution in [2.24, 2.45) is 11.8 Å². The first kappa shape index (κ1) is 27.7. The van der Waals surface area contributed by atoms with Crippen molar-refractivity contribution in [1.82, 2.24) is 10.6 Å². The Morgan fingerprint density at radius 3 is 1.68 bits per heavy atom. The monoisotopic (exact) mass is 436 g/mol. The van der Waals surface area contributed by atoms with Crippen LogP contribution in [0.3, 0.4) is 0 Å². The average molecular weight is 437 g/mol. The second-order valence-corrected chi connectivity index (χ2v) is 9.91. The van der Waals surface area contributed by atoms with Gasteiger partial charge in [0.1, 0.15) is 0 Å². The third-order valence-electron chi connectivity index (χ3n) is 5.56. The van der Waals surface area contributed by atoms with Crippen molar-refractivity contribution >= 4 is 11.4 Å². The zero-order chi connectivity index (χ0) is 23.4. The number of hydrogen-bond donors (Lipinski definition) is 6. The van der Waals surface area contributed by atoms with E-state index >= 15 is 0 Å². The zero-order valence-electron chi connectivity index (χ0n) is 20.8. The molecule has 0 aliphatic rings. The van der Waals surface area contributed by atoms with Gasteiger partial charge in [0.15, 0.2) is 12.7 Å². The van der Waals surface area contributed by atoms with Gasteiger partial charge in [0.2, 0.25) is 0 Å². The minimum absolute atomic E-state index is 0.228. The van der Waals surface area contributed by atoms with Crippen LogP contribution < -0.4 is 21.3 Å². The predicted molar refractivity (Wildman–Crippen MR) is 133 cm³/mol. The van der Waals surface area contributed by atoms with Crippen molar-refractivity contribution < 1.29 is 10.2 Å². The lowest BCUT2D eigenvalue weighted by molar-refractivity contribution is 0.148. The van der Waals surface area contributed by atoms with Gasteiger partial charge in [-0.05, 0) is 63.1 Å². The van der Waals surface area contributed by atoms with Gasteiger partial charge >= 0.3 is 0 Å². The van der Waals surface area contributed by atoms with E-state index in [1.54, 1.807) is 0 Å². The first-order valence-corrected chi connectivity index (χ1v) is 12.1. The number of anilines is 2. The summed E-state index contributed by atoms with van der Waals surface area (Å²) in [7, 11) is 0. The molecule has 4 atom stereocenters. The molecule has 0 bridgehead atoms. The van der Waals surface area contributed by atoms with Gasteiger partial charge in [-0.15, -0.1) is 0 Å². The highest BCUT2D eigenvalue weighted by molar-refractivity contribution is 5.61. The molecule has 6 heteroatoms. The van der Waals surface area contributed by atoms with Crippen molar-refractivity contribution in [3.63, 3.8) is 0 Å². The minimum Gasteiger partial charge on any atom is -0.361 e. The normalized spacial score (nSPS) is 15.7. The molecule has 1 aromatic carbocycles. The SMILES string of the molecule is Cc1ccc(NC(O)NC(C)CCCC(C)C)cc1NC(O)NC(C)CCCC(C)C. The topological polar surface area (TPSA) is 88.6 Å². The van der Waals surface area contributed by atoms with Crippen LogP contribution in [0.15, 0.2) is 18.2 Å². The standard InChI is InChI=1S/C25H48N4O2/c1-17(2)10-8-12-20(6)26-24(30)28-22-15-14-19(5)23(16-22)29-25(31)27-21(7)13-9-11-18(3)4/h14-18,20-21,24-31H,8-13H2,1-7H3. The zero-order valence-corrected chi connectivity index (χ0v) is 20.8. The first-order valence-electron chi connectivity index (χ1n) is 12.1. The highest BCUT2D eigenvalue weighted by Gasteiger charge is 2.12. The number of rotatable bonds is 16. The Labute approximate surface area is 190 Å². The van der Waals surface area contributed by atoms with Crippen molar-refractivity contribution in [3.05, 3.63) is 23.8 Å². The van der Waals surface area contributed by atoms with Crippen molar-refractivity contribution in [1.29, 1.82) is 0 Å². The van der Waals surface area contributed by atoms with Crippen LogP contribution in [0.5, 0.6) is 0 Å². The Morgan fingerprint density at radius 2 is 1.19 bits per heavy atom. The quantitative estimate of drug-likeness (QED) is 0.205. The van der Waals surface area contributed by atoms with E-state index < -0.39 is 12.7 Å². The molecule has 6 N–H and O–H groups in total. The van der Waals surface area contributed by atoms with Gasteiger partial charge in [-0.2, -0.15) is 0 Å². The van der Waals surface area contributed by atoms with E-state index in [4.69, 9.17) is 0 Å².